The highest BCUT2D eigenvalue weighted by molar-refractivity contribution is 6.36. The fourth-order valence-electron chi connectivity index (χ4n) is 1.68. The second-order valence-electron chi connectivity index (χ2n) is 3.42. The van der Waals surface area contributed by atoms with Crippen LogP contribution in [0.2, 0.25) is 0 Å². The summed E-state index contributed by atoms with van der Waals surface area (Å²) in [6.07, 6.45) is 2.49. The fraction of sp³-hybridized carbons (Fsp3) is 0.778. The van der Waals surface area contributed by atoms with E-state index in [1.165, 1.54) is 18.4 Å². The second-order valence-corrected chi connectivity index (χ2v) is 4.12. The molecule has 1 rings (SSSR count). The molecule has 0 saturated carbocycles. The summed E-state index contributed by atoms with van der Waals surface area (Å²) in [6, 6.07) is 0.605. The molecule has 13 heavy (non-hydrogen) atoms. The van der Waals surface area contributed by atoms with Crippen LogP contribution in [0.5, 0.6) is 0 Å². The van der Waals surface area contributed by atoms with Crippen LogP contribution in [0.1, 0.15) is 12.8 Å². The Morgan fingerprint density at radius 1 is 1.69 bits per heavy atom. The first-order valence-electron chi connectivity index (χ1n) is 4.60. The van der Waals surface area contributed by atoms with E-state index in [9.17, 15) is 0 Å². The average molecular weight is 223 g/mol. The molecule has 4 heteroatoms. The van der Waals surface area contributed by atoms with E-state index in [0.717, 1.165) is 24.7 Å². The fourth-order valence-corrected chi connectivity index (χ4v) is 1.92. The van der Waals surface area contributed by atoms with Gasteiger partial charge in [0, 0.05) is 29.7 Å². The van der Waals surface area contributed by atoms with Crippen molar-refractivity contribution in [1.82, 2.24) is 10.2 Å². The third kappa shape index (κ3) is 3.86. The Hall–Kier alpha value is 0.240. The van der Waals surface area contributed by atoms with Crippen molar-refractivity contribution in [1.29, 1.82) is 0 Å². The Labute approximate surface area is 89.9 Å². The van der Waals surface area contributed by atoms with Gasteiger partial charge >= 0.3 is 0 Å². The normalized spacial score (nSPS) is 26.4. The van der Waals surface area contributed by atoms with Gasteiger partial charge in [0.15, 0.2) is 0 Å². The van der Waals surface area contributed by atoms with Crippen LogP contribution in [0.25, 0.3) is 0 Å². The number of halogens is 2. The zero-order valence-corrected chi connectivity index (χ0v) is 9.41. The number of nitrogens with zero attached hydrogens (tertiary/aromatic N) is 1. The van der Waals surface area contributed by atoms with Crippen LogP contribution in [0, 0.1) is 0 Å². The van der Waals surface area contributed by atoms with E-state index < -0.39 is 0 Å². The molecular weight excluding hydrogens is 207 g/mol. The Morgan fingerprint density at radius 2 is 2.46 bits per heavy atom. The summed E-state index contributed by atoms with van der Waals surface area (Å²) in [4.78, 5) is 2.33. The highest BCUT2D eigenvalue weighted by Crippen LogP contribution is 2.13. The molecule has 0 bridgehead atoms. The summed E-state index contributed by atoms with van der Waals surface area (Å²) in [5.41, 5.74) is 1.45. The maximum absolute atomic E-state index is 5.86. The van der Waals surface area contributed by atoms with Crippen LogP contribution in [-0.2, 0) is 0 Å². The van der Waals surface area contributed by atoms with Gasteiger partial charge in [-0.15, -0.1) is 0 Å². The van der Waals surface area contributed by atoms with Gasteiger partial charge in [0.05, 0.1) is 0 Å². The minimum absolute atomic E-state index is 0.605. The molecule has 0 aliphatic carbocycles. The van der Waals surface area contributed by atoms with E-state index in [0.29, 0.717) is 6.04 Å². The number of hydrogen-bond donors (Lipinski definition) is 1. The van der Waals surface area contributed by atoms with Crippen molar-refractivity contribution in [3.63, 3.8) is 0 Å². The zero-order chi connectivity index (χ0) is 9.68. The summed E-state index contributed by atoms with van der Waals surface area (Å²) < 4.78 is 0. The van der Waals surface area contributed by atoms with Gasteiger partial charge in [-0.3, -0.25) is 4.90 Å². The molecule has 1 fully saturated rings. The van der Waals surface area contributed by atoms with E-state index in [1.54, 1.807) is 0 Å². The van der Waals surface area contributed by atoms with Gasteiger partial charge in [0.2, 0.25) is 0 Å². The summed E-state index contributed by atoms with van der Waals surface area (Å²) in [7, 11) is 2.01. The Kier molecular flexibility index (Phi) is 5.10. The van der Waals surface area contributed by atoms with Gasteiger partial charge in [-0.25, -0.2) is 0 Å². The molecule has 0 aromatic rings. The molecule has 0 spiro atoms. The topological polar surface area (TPSA) is 15.3 Å². The number of piperidine rings is 1. The lowest BCUT2D eigenvalue weighted by molar-refractivity contribution is 0.212. The van der Waals surface area contributed by atoms with Crippen molar-refractivity contribution in [2.45, 2.75) is 18.9 Å². The molecule has 0 aromatic heterocycles. The van der Waals surface area contributed by atoms with Crippen molar-refractivity contribution in [2.75, 3.05) is 26.7 Å². The van der Waals surface area contributed by atoms with E-state index in [2.05, 4.69) is 10.2 Å². The van der Waals surface area contributed by atoms with Crippen LogP contribution in [0.4, 0.5) is 0 Å². The largest absolute Gasteiger partial charge is 0.316 e. The summed E-state index contributed by atoms with van der Waals surface area (Å²) >= 11 is 11.4. The highest BCUT2D eigenvalue weighted by Gasteiger charge is 2.18. The molecule has 2 nitrogen and oxygen atoms in total. The molecule has 1 atom stereocenters. The van der Waals surface area contributed by atoms with Gasteiger partial charge in [0.1, 0.15) is 0 Å². The SMILES string of the molecule is CNC1CCCN(CC(Cl)=CCl)C1. The molecule has 1 saturated heterocycles. The number of likely N-dealkylation sites (N-methyl/N-ethyl adjacent to an activating group) is 1. The summed E-state index contributed by atoms with van der Waals surface area (Å²) in [5.74, 6) is 0. The first-order chi connectivity index (χ1) is 6.26. The standard InChI is InChI=1S/C9H16Cl2N2/c1-12-9-3-2-4-13(7-9)6-8(11)5-10/h5,9,12H,2-4,6-7H2,1H3. The molecule has 1 unspecified atom stereocenters. The lowest BCUT2D eigenvalue weighted by Crippen LogP contribution is -2.44. The van der Waals surface area contributed by atoms with E-state index in [-0.39, 0.29) is 0 Å². The predicted octanol–water partition coefficient (Wildman–Crippen LogP) is 1.99. The molecule has 0 radical (unpaired) electrons. The van der Waals surface area contributed by atoms with Crippen molar-refractivity contribution in [3.8, 4) is 0 Å². The number of rotatable bonds is 3. The molecule has 0 amide bonds. The second kappa shape index (κ2) is 5.86. The monoisotopic (exact) mass is 222 g/mol. The highest BCUT2D eigenvalue weighted by atomic mass is 35.5. The minimum atomic E-state index is 0.605. The Morgan fingerprint density at radius 3 is 3.08 bits per heavy atom. The van der Waals surface area contributed by atoms with Crippen molar-refractivity contribution < 1.29 is 0 Å². The summed E-state index contributed by atoms with van der Waals surface area (Å²) in [6.45, 7) is 2.97. The van der Waals surface area contributed by atoms with Gasteiger partial charge in [0.25, 0.3) is 0 Å². The smallest absolute Gasteiger partial charge is 0.0434 e. The lowest BCUT2D eigenvalue weighted by atomic mass is 10.1. The van der Waals surface area contributed by atoms with E-state index in [1.807, 2.05) is 7.05 Å². The van der Waals surface area contributed by atoms with Gasteiger partial charge in [-0.1, -0.05) is 23.2 Å². The maximum Gasteiger partial charge on any atom is 0.0434 e. The van der Waals surface area contributed by atoms with Crippen molar-refractivity contribution in [2.24, 2.45) is 0 Å². The van der Waals surface area contributed by atoms with Gasteiger partial charge < -0.3 is 5.32 Å². The van der Waals surface area contributed by atoms with Crippen molar-refractivity contribution >= 4 is 23.2 Å². The molecule has 76 valence electrons. The zero-order valence-electron chi connectivity index (χ0n) is 7.89. The van der Waals surface area contributed by atoms with E-state index >= 15 is 0 Å². The quantitative estimate of drug-likeness (QED) is 0.787. The summed E-state index contributed by atoms with van der Waals surface area (Å²) in [5, 5.41) is 4.01. The third-order valence-electron chi connectivity index (χ3n) is 2.41. The first kappa shape index (κ1) is 11.3. The van der Waals surface area contributed by atoms with Crippen LogP contribution >= 0.6 is 23.2 Å². The molecular formula is C9H16Cl2N2. The predicted molar refractivity (Wildman–Crippen MR) is 58.3 cm³/mol. The molecule has 1 heterocycles. The van der Waals surface area contributed by atoms with Crippen molar-refractivity contribution in [3.05, 3.63) is 10.6 Å². The molecule has 1 aliphatic rings. The van der Waals surface area contributed by atoms with Crippen LogP contribution in [-0.4, -0.2) is 37.6 Å². The minimum Gasteiger partial charge on any atom is -0.316 e. The van der Waals surface area contributed by atoms with Crippen LogP contribution < -0.4 is 5.32 Å². The molecule has 1 N–H and O–H groups in total. The number of nitrogens with one attached hydrogen (secondary N) is 1. The van der Waals surface area contributed by atoms with Crippen LogP contribution in [0.15, 0.2) is 10.6 Å². The lowest BCUT2D eigenvalue weighted by Gasteiger charge is -2.32. The van der Waals surface area contributed by atoms with Gasteiger partial charge in [-0.05, 0) is 26.4 Å². The average Bonchev–Trinajstić information content (AvgIpc) is 2.18. The molecule has 1 aliphatic heterocycles. The third-order valence-corrected chi connectivity index (χ3v) is 3.01. The number of likely N-dealkylation sites (tertiary alicyclic amines) is 1. The maximum atomic E-state index is 5.86. The Balaban J connectivity index is 2.34. The first-order valence-corrected chi connectivity index (χ1v) is 5.42. The van der Waals surface area contributed by atoms with E-state index in [4.69, 9.17) is 23.2 Å². The molecule has 0 aromatic carbocycles. The van der Waals surface area contributed by atoms with Gasteiger partial charge in [-0.2, -0.15) is 0 Å². The Bertz CT molecular complexity index is 182. The number of hydrogen-bond acceptors (Lipinski definition) is 2. The van der Waals surface area contributed by atoms with Crippen LogP contribution in [0.3, 0.4) is 0 Å².